The van der Waals surface area contributed by atoms with Gasteiger partial charge >= 0.3 is 0 Å². The van der Waals surface area contributed by atoms with Crippen LogP contribution in [0.1, 0.15) is 31.9 Å². The molecule has 0 spiro atoms. The van der Waals surface area contributed by atoms with Gasteiger partial charge in [0.15, 0.2) is 0 Å². The molecule has 0 radical (unpaired) electrons. The van der Waals surface area contributed by atoms with Gasteiger partial charge < -0.3 is 10.8 Å². The summed E-state index contributed by atoms with van der Waals surface area (Å²) >= 11 is 0. The number of nitrogens with two attached hydrogens (primary N) is 1. The van der Waals surface area contributed by atoms with Gasteiger partial charge in [0.05, 0.1) is 12.6 Å². The van der Waals surface area contributed by atoms with E-state index in [0.717, 1.165) is 18.5 Å². The second kappa shape index (κ2) is 7.46. The highest BCUT2D eigenvalue weighted by atomic mass is 19.1. The van der Waals surface area contributed by atoms with Crippen molar-refractivity contribution in [2.45, 2.75) is 32.4 Å². The maximum atomic E-state index is 13.3. The minimum Gasteiger partial charge on any atom is -0.395 e. The molecule has 102 valence electrons. The van der Waals surface area contributed by atoms with Gasteiger partial charge in [-0.2, -0.15) is 0 Å². The molecule has 1 aromatic carbocycles. The van der Waals surface area contributed by atoms with Crippen LogP contribution in [0.5, 0.6) is 0 Å². The maximum absolute atomic E-state index is 13.3. The lowest BCUT2D eigenvalue weighted by molar-refractivity contribution is 0.138. The van der Waals surface area contributed by atoms with Crippen molar-refractivity contribution in [3.63, 3.8) is 0 Å². The summed E-state index contributed by atoms with van der Waals surface area (Å²) in [5.74, 6) is -0.249. The van der Waals surface area contributed by atoms with Crippen molar-refractivity contribution in [1.82, 2.24) is 4.90 Å². The number of rotatable bonds is 7. The SMILES string of the molecule is CCC(N)C(c1cccc(F)c1)N(CC)CCO. The van der Waals surface area contributed by atoms with Gasteiger partial charge in [-0.25, -0.2) is 4.39 Å². The Labute approximate surface area is 108 Å². The predicted octanol–water partition coefficient (Wildman–Crippen LogP) is 1.92. The van der Waals surface area contributed by atoms with Crippen molar-refractivity contribution in [2.24, 2.45) is 5.73 Å². The number of benzene rings is 1. The zero-order chi connectivity index (χ0) is 13.5. The van der Waals surface area contributed by atoms with Crippen LogP contribution >= 0.6 is 0 Å². The average molecular weight is 254 g/mol. The lowest BCUT2D eigenvalue weighted by Crippen LogP contribution is -2.42. The van der Waals surface area contributed by atoms with Crippen LogP contribution in [0.25, 0.3) is 0 Å². The normalized spacial score (nSPS) is 14.8. The Kier molecular flexibility index (Phi) is 6.25. The van der Waals surface area contributed by atoms with Gasteiger partial charge in [0, 0.05) is 12.6 Å². The second-order valence-corrected chi connectivity index (χ2v) is 4.42. The van der Waals surface area contributed by atoms with E-state index in [1.54, 1.807) is 6.07 Å². The monoisotopic (exact) mass is 254 g/mol. The minimum atomic E-state index is -0.249. The zero-order valence-corrected chi connectivity index (χ0v) is 11.1. The Morgan fingerprint density at radius 1 is 1.39 bits per heavy atom. The molecule has 0 saturated heterocycles. The van der Waals surface area contributed by atoms with Gasteiger partial charge in [-0.3, -0.25) is 4.90 Å². The van der Waals surface area contributed by atoms with E-state index in [1.165, 1.54) is 12.1 Å². The molecule has 4 heteroatoms. The number of hydrogen-bond acceptors (Lipinski definition) is 3. The summed E-state index contributed by atoms with van der Waals surface area (Å²) in [5.41, 5.74) is 7.03. The molecule has 0 saturated carbocycles. The van der Waals surface area contributed by atoms with E-state index >= 15 is 0 Å². The molecular formula is C14H23FN2O. The fourth-order valence-electron chi connectivity index (χ4n) is 2.26. The molecule has 3 N–H and O–H groups in total. The highest BCUT2D eigenvalue weighted by molar-refractivity contribution is 5.22. The van der Waals surface area contributed by atoms with Crippen molar-refractivity contribution in [3.05, 3.63) is 35.6 Å². The van der Waals surface area contributed by atoms with Gasteiger partial charge in [-0.1, -0.05) is 26.0 Å². The summed E-state index contributed by atoms with van der Waals surface area (Å²) < 4.78 is 13.3. The predicted molar refractivity (Wildman–Crippen MR) is 71.7 cm³/mol. The van der Waals surface area contributed by atoms with Gasteiger partial charge in [-0.05, 0) is 30.7 Å². The second-order valence-electron chi connectivity index (χ2n) is 4.42. The van der Waals surface area contributed by atoms with Gasteiger partial charge in [-0.15, -0.1) is 0 Å². The molecule has 0 bridgehead atoms. The van der Waals surface area contributed by atoms with Crippen LogP contribution in [0.4, 0.5) is 4.39 Å². The highest BCUT2D eigenvalue weighted by Crippen LogP contribution is 2.25. The average Bonchev–Trinajstić information content (AvgIpc) is 2.37. The maximum Gasteiger partial charge on any atom is 0.123 e. The summed E-state index contributed by atoms with van der Waals surface area (Å²) in [6.45, 7) is 5.44. The lowest BCUT2D eigenvalue weighted by atomic mass is 9.96. The van der Waals surface area contributed by atoms with Crippen LogP contribution in [0.3, 0.4) is 0 Å². The third kappa shape index (κ3) is 3.77. The molecule has 1 rings (SSSR count). The summed E-state index contributed by atoms with van der Waals surface area (Å²) in [5, 5.41) is 9.12. The number of aliphatic hydroxyl groups excluding tert-OH is 1. The van der Waals surface area contributed by atoms with Crippen LogP contribution < -0.4 is 5.73 Å². The van der Waals surface area contributed by atoms with Crippen LogP contribution in [-0.2, 0) is 0 Å². The Morgan fingerprint density at radius 3 is 2.61 bits per heavy atom. The number of halogens is 1. The molecule has 0 amide bonds. The first-order chi connectivity index (χ1) is 8.63. The zero-order valence-electron chi connectivity index (χ0n) is 11.1. The van der Waals surface area contributed by atoms with E-state index < -0.39 is 0 Å². The topological polar surface area (TPSA) is 49.5 Å². The summed E-state index contributed by atoms with van der Waals surface area (Å²) in [7, 11) is 0. The van der Waals surface area contributed by atoms with E-state index in [1.807, 2.05) is 19.9 Å². The molecular weight excluding hydrogens is 231 g/mol. The van der Waals surface area contributed by atoms with E-state index in [-0.39, 0.29) is 24.5 Å². The fourth-order valence-corrected chi connectivity index (χ4v) is 2.26. The first kappa shape index (κ1) is 15.1. The van der Waals surface area contributed by atoms with Crippen LogP contribution in [0.2, 0.25) is 0 Å². The number of hydrogen-bond donors (Lipinski definition) is 2. The first-order valence-electron chi connectivity index (χ1n) is 6.50. The molecule has 0 fully saturated rings. The van der Waals surface area contributed by atoms with E-state index in [0.29, 0.717) is 6.54 Å². The molecule has 0 heterocycles. The molecule has 1 aromatic rings. The Bertz CT molecular complexity index is 359. The van der Waals surface area contributed by atoms with Crippen molar-refractivity contribution in [1.29, 1.82) is 0 Å². The van der Waals surface area contributed by atoms with Crippen molar-refractivity contribution < 1.29 is 9.50 Å². The fraction of sp³-hybridized carbons (Fsp3) is 0.571. The highest BCUT2D eigenvalue weighted by Gasteiger charge is 2.24. The van der Waals surface area contributed by atoms with E-state index in [4.69, 9.17) is 10.8 Å². The number of likely N-dealkylation sites (N-methyl/N-ethyl adjacent to an activating group) is 1. The van der Waals surface area contributed by atoms with Gasteiger partial charge in [0.1, 0.15) is 5.82 Å². The molecule has 2 atom stereocenters. The number of nitrogens with zero attached hydrogens (tertiary/aromatic N) is 1. The lowest BCUT2D eigenvalue weighted by Gasteiger charge is -2.34. The summed E-state index contributed by atoms with van der Waals surface area (Å²) in [6, 6.07) is 6.43. The van der Waals surface area contributed by atoms with Crippen LogP contribution in [-0.4, -0.2) is 35.7 Å². The molecule has 0 aliphatic heterocycles. The molecule has 18 heavy (non-hydrogen) atoms. The van der Waals surface area contributed by atoms with Crippen LogP contribution in [0.15, 0.2) is 24.3 Å². The standard InChI is InChI=1S/C14H23FN2O/c1-3-13(16)14(17(4-2)8-9-18)11-6-5-7-12(15)10-11/h5-7,10,13-14,18H,3-4,8-9,16H2,1-2H3. The Morgan fingerprint density at radius 2 is 2.11 bits per heavy atom. The largest absolute Gasteiger partial charge is 0.395 e. The van der Waals surface area contributed by atoms with Gasteiger partial charge in [0.25, 0.3) is 0 Å². The molecule has 0 aliphatic rings. The third-order valence-electron chi connectivity index (χ3n) is 3.25. The van der Waals surface area contributed by atoms with Crippen LogP contribution in [0, 0.1) is 5.82 Å². The molecule has 0 aliphatic carbocycles. The summed E-state index contributed by atoms with van der Waals surface area (Å²) in [6.07, 6.45) is 0.809. The van der Waals surface area contributed by atoms with Crippen molar-refractivity contribution in [2.75, 3.05) is 19.7 Å². The van der Waals surface area contributed by atoms with E-state index in [9.17, 15) is 4.39 Å². The minimum absolute atomic E-state index is 0.0529. The summed E-state index contributed by atoms with van der Waals surface area (Å²) in [4.78, 5) is 2.09. The quantitative estimate of drug-likeness (QED) is 0.781. The number of aliphatic hydroxyl groups is 1. The molecule has 2 unspecified atom stereocenters. The van der Waals surface area contributed by atoms with Crippen molar-refractivity contribution >= 4 is 0 Å². The Balaban J connectivity index is 3.03. The molecule has 3 nitrogen and oxygen atoms in total. The van der Waals surface area contributed by atoms with Gasteiger partial charge in [0.2, 0.25) is 0 Å². The molecule has 0 aromatic heterocycles. The van der Waals surface area contributed by atoms with Crippen molar-refractivity contribution in [3.8, 4) is 0 Å². The smallest absolute Gasteiger partial charge is 0.123 e. The first-order valence-corrected chi connectivity index (χ1v) is 6.50. The van der Waals surface area contributed by atoms with E-state index in [2.05, 4.69) is 4.90 Å². The Hall–Kier alpha value is -0.970. The third-order valence-corrected chi connectivity index (χ3v) is 3.25.